The number of nitrogens with zero attached hydrogens (tertiary/aromatic N) is 2. The first-order valence-electron chi connectivity index (χ1n) is 33.7. The number of aliphatic carboxylic acids is 2. The Morgan fingerprint density at radius 3 is 0.949 bits per heavy atom. The van der Waals surface area contributed by atoms with Gasteiger partial charge in [0.2, 0.25) is 59.1 Å². The van der Waals surface area contributed by atoms with Crippen LogP contribution >= 0.6 is 23.5 Å². The number of carboxylic acids is 2. The fourth-order valence-electron chi connectivity index (χ4n) is 9.81. The number of hydrogen-bond acceptors (Lipinski definition) is 22. The molecule has 0 aromatic heterocycles. The van der Waals surface area contributed by atoms with E-state index in [1.165, 1.54) is 23.5 Å². The van der Waals surface area contributed by atoms with Crippen LogP contribution in [0.2, 0.25) is 0 Å². The first-order valence-corrected chi connectivity index (χ1v) is 36.5. The van der Waals surface area contributed by atoms with Crippen molar-refractivity contribution in [2.45, 2.75) is 228 Å². The molecule has 0 saturated heterocycles. The minimum atomic E-state index is -1.86. The largest absolute Gasteiger partial charge is 0.481 e. The summed E-state index contributed by atoms with van der Waals surface area (Å²) in [4.78, 5) is 174. The Bertz CT molecular complexity index is 2550. The maximum Gasteiger partial charge on any atom is 0.326 e. The highest BCUT2D eigenvalue weighted by Gasteiger charge is 2.37. The number of carbonyl (C=O) groups excluding carboxylic acids is 10. The van der Waals surface area contributed by atoms with Gasteiger partial charge in [0.05, 0.1) is 12.1 Å². The molecule has 0 radical (unpaired) electrons. The first kappa shape index (κ1) is 91.6. The van der Waals surface area contributed by atoms with Crippen LogP contribution in [0.15, 0.2) is 9.98 Å². The summed E-state index contributed by atoms with van der Waals surface area (Å²) >= 11 is 2.72. The zero-order chi connectivity index (χ0) is 75.0. The Morgan fingerprint density at radius 2 is 0.657 bits per heavy atom. The summed E-state index contributed by atoms with van der Waals surface area (Å²) in [6.45, 7) is 5.69. The maximum atomic E-state index is 14.7. The molecule has 31 N–H and O–H groups in total. The smallest absolute Gasteiger partial charge is 0.326 e. The summed E-state index contributed by atoms with van der Waals surface area (Å²) < 4.78 is 0. The fourth-order valence-corrected chi connectivity index (χ4v) is 10.8. The van der Waals surface area contributed by atoms with Gasteiger partial charge < -0.3 is 120 Å². The highest BCUT2D eigenvalue weighted by Crippen LogP contribution is 2.14. The molecule has 0 saturated carbocycles. The number of amides is 10. The Morgan fingerprint density at radius 1 is 0.374 bits per heavy atom. The number of nitrogens with two attached hydrogens (primary N) is 9. The molecule has 0 spiro atoms. The molecule has 38 heteroatoms. The lowest BCUT2D eigenvalue weighted by atomic mass is 10.0. The van der Waals surface area contributed by atoms with Gasteiger partial charge in [-0.05, 0) is 185 Å². The number of rotatable bonds is 57. The predicted octanol–water partition coefficient (Wildman–Crippen LogP) is -5.33. The molecule has 12 atom stereocenters. The van der Waals surface area contributed by atoms with E-state index in [1.807, 2.05) is 0 Å². The third-order valence-corrected chi connectivity index (χ3v) is 16.6. The van der Waals surface area contributed by atoms with Crippen LogP contribution in [0.3, 0.4) is 0 Å². The molecule has 0 unspecified atom stereocenters. The summed E-state index contributed by atoms with van der Waals surface area (Å²) in [6.07, 6.45) is 4.15. The zero-order valence-electron chi connectivity index (χ0n) is 58.2. The second-order valence-electron chi connectivity index (χ2n) is 24.4. The minimum Gasteiger partial charge on any atom is -0.481 e. The van der Waals surface area contributed by atoms with Crippen molar-refractivity contribution in [3.63, 3.8) is 0 Å². The Balaban J connectivity index is 7.37. The van der Waals surface area contributed by atoms with Crippen molar-refractivity contribution in [1.29, 1.82) is 0 Å². The Labute approximate surface area is 589 Å². The number of carboxylic acid groups (broad SMARTS) is 2. The number of carbonyl (C=O) groups is 12. The van der Waals surface area contributed by atoms with Crippen LogP contribution in [0.1, 0.15) is 156 Å². The molecule has 99 heavy (non-hydrogen) atoms. The van der Waals surface area contributed by atoms with Gasteiger partial charge >= 0.3 is 11.9 Å². The normalized spacial score (nSPS) is 14.8. The van der Waals surface area contributed by atoms with Gasteiger partial charge in [-0.3, -0.25) is 62.7 Å². The molecule has 0 bridgehead atoms. The molecule has 568 valence electrons. The summed E-state index contributed by atoms with van der Waals surface area (Å²) in [5.41, 5.74) is 51.3. The third kappa shape index (κ3) is 41.1. The van der Waals surface area contributed by atoms with Crippen molar-refractivity contribution >= 4 is 106 Å². The van der Waals surface area contributed by atoms with E-state index < -0.39 is 156 Å². The van der Waals surface area contributed by atoms with Crippen LogP contribution < -0.4 is 105 Å². The van der Waals surface area contributed by atoms with Crippen molar-refractivity contribution in [1.82, 2.24) is 53.2 Å². The number of guanidine groups is 2. The third-order valence-electron chi connectivity index (χ3n) is 15.4. The van der Waals surface area contributed by atoms with Crippen LogP contribution in [-0.4, -0.2) is 234 Å². The topological polar surface area (TPSA) is 645 Å². The second-order valence-corrected chi connectivity index (χ2v) is 26.4. The van der Waals surface area contributed by atoms with Crippen LogP contribution in [-0.2, 0) is 57.5 Å². The van der Waals surface area contributed by atoms with E-state index in [0.29, 0.717) is 70.1 Å². The van der Waals surface area contributed by atoms with Gasteiger partial charge in [-0.1, -0.05) is 20.3 Å². The van der Waals surface area contributed by atoms with Crippen molar-refractivity contribution < 1.29 is 72.9 Å². The fraction of sp³-hybridized carbons (Fsp3) is 0.770. The molecule has 0 aromatic rings. The van der Waals surface area contributed by atoms with Gasteiger partial charge in [0.1, 0.15) is 60.4 Å². The molecule has 10 amide bonds. The lowest BCUT2D eigenvalue weighted by Crippen LogP contribution is -2.62. The number of aliphatic hydroxyl groups is 1. The van der Waals surface area contributed by atoms with E-state index in [1.54, 1.807) is 26.4 Å². The Kier molecular flexibility index (Phi) is 49.6. The zero-order valence-corrected chi connectivity index (χ0v) is 59.8. The van der Waals surface area contributed by atoms with E-state index in [-0.39, 0.29) is 121 Å². The average Bonchev–Trinajstić information content (AvgIpc) is 0.864. The van der Waals surface area contributed by atoms with E-state index >= 15 is 0 Å². The molecule has 0 aliphatic carbocycles. The van der Waals surface area contributed by atoms with Crippen molar-refractivity contribution in [2.75, 3.05) is 63.3 Å². The van der Waals surface area contributed by atoms with Crippen LogP contribution in [0.4, 0.5) is 0 Å². The minimum absolute atomic E-state index is 0.00654. The number of thioether (sulfide) groups is 2. The number of aliphatic imine (C=N–C) groups is 2. The molecular weight excluding hydrogens is 1330 g/mol. The van der Waals surface area contributed by atoms with E-state index in [9.17, 15) is 72.9 Å². The van der Waals surface area contributed by atoms with E-state index in [2.05, 4.69) is 63.2 Å². The van der Waals surface area contributed by atoms with E-state index in [4.69, 9.17) is 51.6 Å². The van der Waals surface area contributed by atoms with Gasteiger partial charge in [0.15, 0.2) is 11.9 Å². The van der Waals surface area contributed by atoms with Gasteiger partial charge in [0.25, 0.3) is 0 Å². The second kappa shape index (κ2) is 53.5. The van der Waals surface area contributed by atoms with Gasteiger partial charge in [0, 0.05) is 19.5 Å². The quantitative estimate of drug-likeness (QED) is 0.0154. The summed E-state index contributed by atoms with van der Waals surface area (Å²) in [5, 5.41) is 56.5. The predicted molar refractivity (Wildman–Crippen MR) is 380 cm³/mol. The number of aliphatic hydroxyl groups excluding tert-OH is 1. The summed E-state index contributed by atoms with van der Waals surface area (Å²) in [7, 11) is 0. The van der Waals surface area contributed by atoms with Gasteiger partial charge in [-0.15, -0.1) is 0 Å². The van der Waals surface area contributed by atoms with Gasteiger partial charge in [-0.25, -0.2) is 4.79 Å². The average molecular weight is 1450 g/mol. The standard InChI is InChI=1S/C61H117N21O15S2/c1-35(2)34-46(59(96)97)81-53(90)39(18-8-12-28-64)74-50(87)38(17-7-11-27-63)75-56(93)45(25-33-99-5)79-52(89)42(21-15-31-72-61(69)70)77-51(88)41(20-14-30-71-60(67)68)78-54(91)43(22-23-47(84)85)80-58(95)48(36(3)83)82-57(94)40(19-9-13-29-65)76-55(92)44(24-32-98-4)73-49(86)37(66)16-6-10-26-62/h35-46,48,83H,6-34,62-66H2,1-5H3,(H,73,86)(H,74,87)(H,75,93)(H,76,92)(H,77,88)(H,78,91)(H,79,89)(H,80,95)(H,81,90)(H,82,94)(H,84,85)(H,96,97)(H4,67,68,71)(H4,69,70,72)/t36-,37+,38+,39+,40+,41+,42+,43+,44+,45+,46+,48+/m1/s1. The molecule has 0 rings (SSSR count). The van der Waals surface area contributed by atoms with Crippen LogP contribution in [0, 0.1) is 5.92 Å². The first-order chi connectivity index (χ1) is 46.9. The van der Waals surface area contributed by atoms with Crippen LogP contribution in [0.25, 0.3) is 0 Å². The van der Waals surface area contributed by atoms with E-state index in [0.717, 1.165) is 6.92 Å². The summed E-state index contributed by atoms with van der Waals surface area (Å²) in [5.74, 6) is -11.7. The molecule has 36 nitrogen and oxygen atoms in total. The Hall–Kier alpha value is -7.36. The number of hydrogen-bond donors (Lipinski definition) is 22. The molecule has 0 aliphatic heterocycles. The lowest BCUT2D eigenvalue weighted by molar-refractivity contribution is -0.143. The molecular formula is C61H117N21O15S2. The molecule has 0 aliphatic rings. The summed E-state index contributed by atoms with van der Waals surface area (Å²) in [6, 6.07) is -15.5. The SMILES string of the molecule is CSCC[C@H](NC(=O)[C@H](CCCN=C(N)N)NC(=O)[C@H](CCCN=C(N)N)NC(=O)[C@H](CCC(=O)O)NC(=O)[C@@H](NC(=O)[C@H](CCCCN)NC(=O)[C@H](CCSC)NC(=O)[C@@H](N)CCCCN)[C@@H](C)O)C(=O)N[C@@H](CCCCN)C(=O)N[C@@H](CCCCN)C(=O)N[C@@H](CC(C)C)C(=O)O. The van der Waals surface area contributed by atoms with Crippen molar-refractivity contribution in [3.05, 3.63) is 0 Å². The highest BCUT2D eigenvalue weighted by molar-refractivity contribution is 7.98. The van der Waals surface area contributed by atoms with Crippen molar-refractivity contribution in [3.8, 4) is 0 Å². The van der Waals surface area contributed by atoms with Crippen molar-refractivity contribution in [2.24, 2.45) is 67.5 Å². The number of nitrogens with one attached hydrogen (secondary N) is 10. The molecule has 0 aromatic carbocycles. The number of unbranched alkanes of at least 4 members (excludes halogenated alkanes) is 4. The molecule has 0 heterocycles. The highest BCUT2D eigenvalue weighted by atomic mass is 32.2. The monoisotopic (exact) mass is 1450 g/mol. The molecule has 0 fully saturated rings. The lowest BCUT2D eigenvalue weighted by Gasteiger charge is -2.29. The van der Waals surface area contributed by atoms with Crippen LogP contribution in [0.5, 0.6) is 0 Å². The maximum absolute atomic E-state index is 14.7. The van der Waals surface area contributed by atoms with Gasteiger partial charge in [-0.2, -0.15) is 23.5 Å².